The van der Waals surface area contributed by atoms with Crippen molar-refractivity contribution < 1.29 is 28.4 Å². The number of carboxylic acids is 1. The van der Waals surface area contributed by atoms with E-state index in [9.17, 15) is 9.59 Å². The maximum absolute atomic E-state index is 12.7. The number of hydrogen-bond acceptors (Lipinski definition) is 7. The van der Waals surface area contributed by atoms with Gasteiger partial charge in [0.1, 0.15) is 35.2 Å². The number of nitrogens with one attached hydrogen (secondary N) is 1. The highest BCUT2D eigenvalue weighted by atomic mass is 16.5. The van der Waals surface area contributed by atoms with Crippen LogP contribution in [-0.2, 0) is 11.4 Å². The van der Waals surface area contributed by atoms with Gasteiger partial charge < -0.3 is 29.0 Å². The highest BCUT2D eigenvalue weighted by Crippen LogP contribution is 2.38. The molecule has 0 bridgehead atoms. The number of nitrogens with zero attached hydrogens (tertiary/aromatic N) is 2. The van der Waals surface area contributed by atoms with Gasteiger partial charge in [0.15, 0.2) is 0 Å². The lowest BCUT2D eigenvalue weighted by Crippen LogP contribution is -2.29. The van der Waals surface area contributed by atoms with Crippen molar-refractivity contribution in [3.05, 3.63) is 76.9 Å². The van der Waals surface area contributed by atoms with E-state index in [2.05, 4.69) is 31.2 Å². The Kier molecular flexibility index (Phi) is 10.3. The molecule has 1 amide bonds. The molecule has 9 nitrogen and oxygen atoms in total. The Morgan fingerprint density at radius 3 is 2.52 bits per heavy atom. The minimum atomic E-state index is -0.931. The molecule has 4 aromatic rings. The molecule has 4 rings (SSSR count). The number of hydrogen-bond donors (Lipinski definition) is 2. The van der Waals surface area contributed by atoms with Crippen molar-refractivity contribution in [2.75, 3.05) is 18.9 Å². The average molecular weight is 576 g/mol. The SMILES string of the molecule is CCCCCC(C)C(Nc1ccc(C(=O)N(C)CCC(=O)O)cc1)c1oc2ccc(OCc3cc(C)on3)cc2c1C. The van der Waals surface area contributed by atoms with Crippen molar-refractivity contribution in [1.82, 2.24) is 10.1 Å². The Morgan fingerprint density at radius 1 is 1.10 bits per heavy atom. The van der Waals surface area contributed by atoms with E-state index in [-0.39, 0.29) is 30.8 Å². The van der Waals surface area contributed by atoms with Gasteiger partial charge in [0, 0.05) is 41.9 Å². The number of rotatable bonds is 15. The standard InChI is InChI=1S/C33H41N3O6/c1-6-7-8-9-21(2)31(34-25-12-10-24(11-13-25)33(39)36(5)17-16-30(37)38)32-23(4)28-19-27(14-15-29(28)41-32)40-20-26-18-22(3)42-35-26/h10-15,18-19,21,31,34H,6-9,16-17,20H2,1-5H3,(H,37,38). The Balaban J connectivity index is 1.55. The van der Waals surface area contributed by atoms with Gasteiger partial charge in [0.2, 0.25) is 0 Å². The Morgan fingerprint density at radius 2 is 1.86 bits per heavy atom. The van der Waals surface area contributed by atoms with Crippen LogP contribution in [0.15, 0.2) is 57.5 Å². The van der Waals surface area contributed by atoms with E-state index in [4.69, 9.17) is 18.8 Å². The number of amides is 1. The zero-order valence-corrected chi connectivity index (χ0v) is 25.1. The molecule has 0 aliphatic carbocycles. The van der Waals surface area contributed by atoms with Gasteiger partial charge in [0.25, 0.3) is 5.91 Å². The number of anilines is 1. The second kappa shape index (κ2) is 14.1. The Hall–Kier alpha value is -4.27. The number of furan rings is 1. The summed E-state index contributed by atoms with van der Waals surface area (Å²) >= 11 is 0. The van der Waals surface area contributed by atoms with E-state index >= 15 is 0 Å². The first-order valence-corrected chi connectivity index (χ1v) is 14.6. The van der Waals surface area contributed by atoms with Gasteiger partial charge in [-0.25, -0.2) is 0 Å². The number of benzene rings is 2. The summed E-state index contributed by atoms with van der Waals surface area (Å²) in [6.45, 7) is 8.85. The van der Waals surface area contributed by atoms with Crippen molar-refractivity contribution in [3.63, 3.8) is 0 Å². The number of aryl methyl sites for hydroxylation is 2. The molecule has 224 valence electrons. The van der Waals surface area contributed by atoms with Crippen molar-refractivity contribution >= 4 is 28.5 Å². The molecule has 0 saturated carbocycles. The molecule has 2 N–H and O–H groups in total. The lowest BCUT2D eigenvalue weighted by atomic mass is 9.91. The van der Waals surface area contributed by atoms with Gasteiger partial charge >= 0.3 is 5.97 Å². The Labute approximate surface area is 246 Å². The first-order valence-electron chi connectivity index (χ1n) is 14.6. The zero-order valence-electron chi connectivity index (χ0n) is 25.1. The molecule has 0 spiro atoms. The number of fused-ring (bicyclic) bond motifs is 1. The van der Waals surface area contributed by atoms with Crippen LogP contribution in [-0.4, -0.2) is 40.6 Å². The molecule has 2 heterocycles. The highest BCUT2D eigenvalue weighted by Gasteiger charge is 2.26. The molecule has 2 unspecified atom stereocenters. The van der Waals surface area contributed by atoms with Crippen LogP contribution in [0.4, 0.5) is 5.69 Å². The predicted octanol–water partition coefficient (Wildman–Crippen LogP) is 7.53. The van der Waals surface area contributed by atoms with Crippen molar-refractivity contribution in [2.45, 2.75) is 72.4 Å². The largest absolute Gasteiger partial charge is 0.487 e. The first-order chi connectivity index (χ1) is 20.2. The van der Waals surface area contributed by atoms with Crippen LogP contribution in [0.1, 0.15) is 85.1 Å². The molecule has 0 aliphatic rings. The molecule has 2 atom stereocenters. The molecule has 0 saturated heterocycles. The van der Waals surface area contributed by atoms with E-state index < -0.39 is 5.97 Å². The van der Waals surface area contributed by atoms with Gasteiger partial charge in [-0.15, -0.1) is 0 Å². The first kappa shape index (κ1) is 30.7. The van der Waals surface area contributed by atoms with E-state index in [1.165, 1.54) is 11.3 Å². The second-order valence-corrected chi connectivity index (χ2v) is 11.0. The van der Waals surface area contributed by atoms with E-state index in [1.54, 1.807) is 19.2 Å². The minimum absolute atomic E-state index is 0.0866. The molecule has 0 fully saturated rings. The van der Waals surface area contributed by atoms with Crippen LogP contribution >= 0.6 is 0 Å². The van der Waals surface area contributed by atoms with Crippen molar-refractivity contribution in [3.8, 4) is 5.75 Å². The average Bonchev–Trinajstić information content (AvgIpc) is 3.55. The van der Waals surface area contributed by atoms with Gasteiger partial charge in [-0.3, -0.25) is 9.59 Å². The van der Waals surface area contributed by atoms with Crippen LogP contribution in [0.3, 0.4) is 0 Å². The topological polar surface area (TPSA) is 118 Å². The zero-order chi connectivity index (χ0) is 30.2. The monoisotopic (exact) mass is 575 g/mol. The highest BCUT2D eigenvalue weighted by molar-refractivity contribution is 5.94. The number of carbonyl (C=O) groups excluding carboxylic acids is 1. The van der Waals surface area contributed by atoms with Crippen LogP contribution in [0.5, 0.6) is 5.75 Å². The summed E-state index contributed by atoms with van der Waals surface area (Å²) in [7, 11) is 1.61. The summed E-state index contributed by atoms with van der Waals surface area (Å²) in [6, 6.07) is 14.9. The number of unbranched alkanes of at least 4 members (excludes halogenated alkanes) is 2. The molecule has 9 heteroatoms. The summed E-state index contributed by atoms with van der Waals surface area (Å²) < 4.78 is 17.6. The van der Waals surface area contributed by atoms with Crippen LogP contribution < -0.4 is 10.1 Å². The van der Waals surface area contributed by atoms with Crippen molar-refractivity contribution in [1.29, 1.82) is 0 Å². The van der Waals surface area contributed by atoms with Gasteiger partial charge in [-0.05, 0) is 68.7 Å². The summed E-state index contributed by atoms with van der Waals surface area (Å²) in [5.41, 5.74) is 3.97. The molecule has 42 heavy (non-hydrogen) atoms. The number of carbonyl (C=O) groups is 2. The van der Waals surface area contributed by atoms with Gasteiger partial charge in [-0.2, -0.15) is 0 Å². The van der Waals surface area contributed by atoms with E-state index in [0.717, 1.165) is 64.4 Å². The lowest BCUT2D eigenvalue weighted by molar-refractivity contribution is -0.137. The number of ether oxygens (including phenoxy) is 1. The fourth-order valence-corrected chi connectivity index (χ4v) is 5.07. The summed E-state index contributed by atoms with van der Waals surface area (Å²) in [5, 5.41) is 17.6. The Bertz CT molecular complexity index is 1490. The van der Waals surface area contributed by atoms with Gasteiger partial charge in [-0.1, -0.05) is 38.3 Å². The molecular weight excluding hydrogens is 534 g/mol. The lowest BCUT2D eigenvalue weighted by Gasteiger charge is -2.25. The normalized spacial score (nSPS) is 12.7. The molecule has 0 radical (unpaired) electrons. The smallest absolute Gasteiger partial charge is 0.305 e. The predicted molar refractivity (Wildman–Crippen MR) is 162 cm³/mol. The van der Waals surface area contributed by atoms with Gasteiger partial charge in [0.05, 0.1) is 12.5 Å². The quantitative estimate of drug-likeness (QED) is 0.140. The second-order valence-electron chi connectivity index (χ2n) is 11.0. The van der Waals surface area contributed by atoms with Crippen molar-refractivity contribution in [2.24, 2.45) is 5.92 Å². The van der Waals surface area contributed by atoms with E-state index in [1.807, 2.05) is 43.3 Å². The molecular formula is C33H41N3O6. The molecule has 2 aromatic heterocycles. The molecule has 2 aromatic carbocycles. The fraction of sp³-hybridized carbons (Fsp3) is 0.424. The fourth-order valence-electron chi connectivity index (χ4n) is 5.07. The number of carboxylic acid groups (broad SMARTS) is 1. The summed E-state index contributed by atoms with van der Waals surface area (Å²) in [6.07, 6.45) is 4.41. The maximum atomic E-state index is 12.7. The third kappa shape index (κ3) is 7.72. The third-order valence-electron chi connectivity index (χ3n) is 7.58. The third-order valence-corrected chi connectivity index (χ3v) is 7.58. The number of aliphatic carboxylic acids is 1. The number of aromatic nitrogens is 1. The van der Waals surface area contributed by atoms with Crippen LogP contribution in [0, 0.1) is 19.8 Å². The van der Waals surface area contributed by atoms with E-state index in [0.29, 0.717) is 12.2 Å². The van der Waals surface area contributed by atoms with Crippen LogP contribution in [0.25, 0.3) is 11.0 Å². The van der Waals surface area contributed by atoms with Crippen LogP contribution in [0.2, 0.25) is 0 Å². The summed E-state index contributed by atoms with van der Waals surface area (Å²) in [5.74, 6) is 1.50. The summed E-state index contributed by atoms with van der Waals surface area (Å²) in [4.78, 5) is 25.1. The maximum Gasteiger partial charge on any atom is 0.305 e. The molecule has 0 aliphatic heterocycles. The minimum Gasteiger partial charge on any atom is -0.487 e.